The SMILES string of the molecule is CCCOc1ccc(C(=O)NCCS(N)(=O)=O)cc1-c1nc(C)c(C)c(=O)[nH]1. The van der Waals surface area contributed by atoms with Crippen LogP contribution in [0.5, 0.6) is 5.75 Å². The molecule has 152 valence electrons. The summed E-state index contributed by atoms with van der Waals surface area (Å²) in [6, 6.07) is 4.72. The number of carbonyl (C=O) groups is 1. The van der Waals surface area contributed by atoms with Gasteiger partial charge in [0.15, 0.2) is 0 Å². The number of nitrogens with zero attached hydrogens (tertiary/aromatic N) is 1. The lowest BCUT2D eigenvalue weighted by Crippen LogP contribution is -2.31. The summed E-state index contributed by atoms with van der Waals surface area (Å²) in [6.07, 6.45) is 0.784. The summed E-state index contributed by atoms with van der Waals surface area (Å²) in [5.74, 6) is -0.0687. The third-order valence-electron chi connectivity index (χ3n) is 4.03. The van der Waals surface area contributed by atoms with Crippen molar-refractivity contribution >= 4 is 15.9 Å². The first-order valence-corrected chi connectivity index (χ1v) is 10.5. The lowest BCUT2D eigenvalue weighted by Gasteiger charge is -2.13. The van der Waals surface area contributed by atoms with Gasteiger partial charge in [0.05, 0.1) is 17.9 Å². The molecule has 0 aliphatic rings. The number of carbonyl (C=O) groups excluding carboxylic acids is 1. The van der Waals surface area contributed by atoms with Gasteiger partial charge in [-0.05, 0) is 38.5 Å². The van der Waals surface area contributed by atoms with Crippen molar-refractivity contribution < 1.29 is 17.9 Å². The molecule has 0 unspecified atom stereocenters. The van der Waals surface area contributed by atoms with Crippen molar-refractivity contribution in [3.8, 4) is 17.1 Å². The average molecular weight is 408 g/mol. The summed E-state index contributed by atoms with van der Waals surface area (Å²) in [7, 11) is -3.67. The van der Waals surface area contributed by atoms with Gasteiger partial charge in [0, 0.05) is 23.4 Å². The Morgan fingerprint density at radius 2 is 2.04 bits per heavy atom. The van der Waals surface area contributed by atoms with Crippen molar-refractivity contribution in [2.75, 3.05) is 18.9 Å². The molecule has 0 saturated heterocycles. The van der Waals surface area contributed by atoms with Gasteiger partial charge in [-0.15, -0.1) is 0 Å². The van der Waals surface area contributed by atoms with Crippen LogP contribution in [-0.4, -0.2) is 43.2 Å². The van der Waals surface area contributed by atoms with E-state index in [4.69, 9.17) is 9.88 Å². The van der Waals surface area contributed by atoms with Gasteiger partial charge in [-0.1, -0.05) is 6.92 Å². The molecular weight excluding hydrogens is 384 g/mol. The van der Waals surface area contributed by atoms with Gasteiger partial charge < -0.3 is 15.0 Å². The molecule has 0 atom stereocenters. The van der Waals surface area contributed by atoms with Crippen molar-refractivity contribution in [2.24, 2.45) is 5.14 Å². The van der Waals surface area contributed by atoms with Crippen LogP contribution in [0.1, 0.15) is 35.0 Å². The highest BCUT2D eigenvalue weighted by atomic mass is 32.2. The first-order valence-electron chi connectivity index (χ1n) is 8.75. The fourth-order valence-electron chi connectivity index (χ4n) is 2.38. The first kappa shape index (κ1) is 21.6. The van der Waals surface area contributed by atoms with Crippen LogP contribution >= 0.6 is 0 Å². The molecule has 0 spiro atoms. The Balaban J connectivity index is 2.40. The largest absolute Gasteiger partial charge is 0.493 e. The molecule has 1 heterocycles. The molecule has 2 rings (SSSR count). The molecule has 9 nitrogen and oxygen atoms in total. The number of aromatic nitrogens is 2. The monoisotopic (exact) mass is 408 g/mol. The summed E-state index contributed by atoms with van der Waals surface area (Å²) in [5.41, 5.74) is 1.55. The second-order valence-corrected chi connectivity index (χ2v) is 8.04. The fourth-order valence-corrected chi connectivity index (χ4v) is 2.76. The number of rotatable bonds is 8. The maximum Gasteiger partial charge on any atom is 0.254 e. The van der Waals surface area contributed by atoms with Crippen LogP contribution < -0.4 is 20.8 Å². The number of ether oxygens (including phenoxy) is 1. The molecule has 1 aromatic heterocycles. The zero-order valence-electron chi connectivity index (χ0n) is 16.0. The van der Waals surface area contributed by atoms with Crippen LogP contribution in [0.25, 0.3) is 11.4 Å². The zero-order valence-corrected chi connectivity index (χ0v) is 16.9. The predicted octanol–water partition coefficient (Wildman–Crippen LogP) is 0.861. The second-order valence-electron chi connectivity index (χ2n) is 6.31. The Kier molecular flexibility index (Phi) is 6.92. The molecule has 4 N–H and O–H groups in total. The van der Waals surface area contributed by atoms with Crippen LogP contribution in [0, 0.1) is 13.8 Å². The van der Waals surface area contributed by atoms with E-state index in [1.807, 2.05) is 6.92 Å². The van der Waals surface area contributed by atoms with Crippen molar-refractivity contribution in [2.45, 2.75) is 27.2 Å². The van der Waals surface area contributed by atoms with Gasteiger partial charge in [0.25, 0.3) is 11.5 Å². The van der Waals surface area contributed by atoms with Crippen LogP contribution in [0.2, 0.25) is 0 Å². The van der Waals surface area contributed by atoms with Gasteiger partial charge in [0.1, 0.15) is 11.6 Å². The Bertz CT molecular complexity index is 1030. The quantitative estimate of drug-likeness (QED) is 0.591. The Hall–Kier alpha value is -2.72. The third kappa shape index (κ3) is 5.64. The van der Waals surface area contributed by atoms with Crippen LogP contribution in [0.15, 0.2) is 23.0 Å². The van der Waals surface area contributed by atoms with Gasteiger partial charge >= 0.3 is 0 Å². The maximum atomic E-state index is 12.3. The molecule has 0 aliphatic heterocycles. The molecule has 28 heavy (non-hydrogen) atoms. The van der Waals surface area contributed by atoms with E-state index in [9.17, 15) is 18.0 Å². The molecule has 0 bridgehead atoms. The molecule has 0 fully saturated rings. The number of nitrogens with two attached hydrogens (primary N) is 1. The Morgan fingerprint density at radius 1 is 1.32 bits per heavy atom. The Morgan fingerprint density at radius 3 is 2.64 bits per heavy atom. The highest BCUT2D eigenvalue weighted by Gasteiger charge is 2.16. The number of aryl methyl sites for hydroxylation is 1. The summed E-state index contributed by atoms with van der Waals surface area (Å²) in [6.45, 7) is 5.71. The van der Waals surface area contributed by atoms with Crippen LogP contribution in [-0.2, 0) is 10.0 Å². The fraction of sp³-hybridized carbons (Fsp3) is 0.389. The molecule has 1 amide bonds. The highest BCUT2D eigenvalue weighted by Crippen LogP contribution is 2.29. The number of benzene rings is 1. The summed E-state index contributed by atoms with van der Waals surface area (Å²) in [5, 5.41) is 7.43. The normalized spacial score (nSPS) is 11.3. The van der Waals surface area contributed by atoms with Crippen molar-refractivity contribution in [3.63, 3.8) is 0 Å². The topological polar surface area (TPSA) is 144 Å². The number of primary sulfonamides is 1. The predicted molar refractivity (Wildman–Crippen MR) is 106 cm³/mol. The Labute approximate surface area is 163 Å². The molecule has 1 aromatic carbocycles. The lowest BCUT2D eigenvalue weighted by molar-refractivity contribution is 0.0956. The smallest absolute Gasteiger partial charge is 0.254 e. The van der Waals surface area contributed by atoms with Gasteiger partial charge in [-0.3, -0.25) is 9.59 Å². The second kappa shape index (κ2) is 8.98. The van der Waals surface area contributed by atoms with E-state index in [0.29, 0.717) is 35.0 Å². The van der Waals surface area contributed by atoms with Gasteiger partial charge in [-0.25, -0.2) is 18.5 Å². The molecule has 2 aromatic rings. The summed E-state index contributed by atoms with van der Waals surface area (Å²) < 4.78 is 27.7. The maximum absolute atomic E-state index is 12.3. The van der Waals surface area contributed by atoms with E-state index in [0.717, 1.165) is 6.42 Å². The molecule has 0 radical (unpaired) electrons. The highest BCUT2D eigenvalue weighted by molar-refractivity contribution is 7.89. The number of aromatic amines is 1. The number of hydrogen-bond acceptors (Lipinski definition) is 6. The van der Waals surface area contributed by atoms with E-state index < -0.39 is 15.9 Å². The number of hydrogen-bond donors (Lipinski definition) is 3. The van der Waals surface area contributed by atoms with E-state index in [-0.39, 0.29) is 23.4 Å². The summed E-state index contributed by atoms with van der Waals surface area (Å²) in [4.78, 5) is 31.6. The first-order chi connectivity index (χ1) is 13.1. The molecule has 0 saturated carbocycles. The van der Waals surface area contributed by atoms with Crippen LogP contribution in [0.4, 0.5) is 0 Å². The number of nitrogens with one attached hydrogen (secondary N) is 2. The van der Waals surface area contributed by atoms with Crippen molar-refractivity contribution in [1.29, 1.82) is 0 Å². The molecular formula is C18H24N4O5S. The van der Waals surface area contributed by atoms with Crippen molar-refractivity contribution in [3.05, 3.63) is 45.4 Å². The minimum absolute atomic E-state index is 0.111. The zero-order chi connectivity index (χ0) is 20.9. The van der Waals surface area contributed by atoms with Crippen LogP contribution in [0.3, 0.4) is 0 Å². The molecule has 10 heteroatoms. The minimum atomic E-state index is -3.67. The minimum Gasteiger partial charge on any atom is -0.493 e. The number of H-pyrrole nitrogens is 1. The van der Waals surface area contributed by atoms with Gasteiger partial charge in [-0.2, -0.15) is 0 Å². The van der Waals surface area contributed by atoms with E-state index in [1.54, 1.807) is 32.0 Å². The average Bonchev–Trinajstić information content (AvgIpc) is 2.62. The van der Waals surface area contributed by atoms with E-state index in [1.165, 1.54) is 0 Å². The number of sulfonamides is 1. The summed E-state index contributed by atoms with van der Waals surface area (Å²) >= 11 is 0. The lowest BCUT2D eigenvalue weighted by atomic mass is 10.1. The van der Waals surface area contributed by atoms with E-state index >= 15 is 0 Å². The van der Waals surface area contributed by atoms with E-state index in [2.05, 4.69) is 15.3 Å². The number of amides is 1. The molecule has 0 aliphatic carbocycles. The standard InChI is InChI=1S/C18H24N4O5S/c1-4-8-27-15-6-5-13(18(24)20-7-9-28(19,25)26)10-14(15)16-21-12(3)11(2)17(23)22-16/h5-6,10H,4,7-9H2,1-3H3,(H,20,24)(H2,19,25,26)(H,21,22,23). The van der Waals surface area contributed by atoms with Gasteiger partial charge in [0.2, 0.25) is 10.0 Å². The third-order valence-corrected chi connectivity index (χ3v) is 4.80. The van der Waals surface area contributed by atoms with Crippen molar-refractivity contribution in [1.82, 2.24) is 15.3 Å².